The minimum absolute atomic E-state index is 0.321. The number of phenolic OH excluding ortho intramolecular Hbond substituents is 1. The molecule has 3 rings (SSSR count). The third-order valence-electron chi connectivity index (χ3n) is 3.75. The molecular weight excluding hydrogens is 222 g/mol. The Morgan fingerprint density at radius 2 is 1.39 bits per heavy atom. The number of nitrogens with zero attached hydrogens (tertiary/aromatic N) is 1. The second kappa shape index (κ2) is 4.05. The molecule has 0 amide bonds. The second-order valence-electron chi connectivity index (χ2n) is 5.08. The van der Waals surface area contributed by atoms with Gasteiger partial charge in [-0.15, -0.1) is 0 Å². The molecule has 18 heavy (non-hydrogen) atoms. The van der Waals surface area contributed by atoms with Crippen LogP contribution in [0, 0.1) is 13.8 Å². The molecule has 0 aliphatic carbocycles. The van der Waals surface area contributed by atoms with Gasteiger partial charge in [-0.25, -0.2) is 0 Å². The Labute approximate surface area is 107 Å². The van der Waals surface area contributed by atoms with E-state index >= 15 is 0 Å². The fraction of sp³-hybridized carbons (Fsp3) is 0.250. The molecule has 2 nitrogen and oxygen atoms in total. The van der Waals surface area contributed by atoms with E-state index < -0.39 is 0 Å². The van der Waals surface area contributed by atoms with Crippen LogP contribution in [-0.2, 0) is 13.1 Å². The van der Waals surface area contributed by atoms with E-state index in [0.717, 1.165) is 13.1 Å². The predicted molar refractivity (Wildman–Crippen MR) is 73.9 cm³/mol. The van der Waals surface area contributed by atoms with E-state index in [1.54, 1.807) is 12.1 Å². The van der Waals surface area contributed by atoms with Gasteiger partial charge in [0.05, 0.1) is 0 Å². The quantitative estimate of drug-likeness (QED) is 0.823. The number of phenols is 1. The topological polar surface area (TPSA) is 23.5 Å². The maximum atomic E-state index is 9.33. The summed E-state index contributed by atoms with van der Waals surface area (Å²) in [6.07, 6.45) is 0. The fourth-order valence-corrected chi connectivity index (χ4v) is 2.54. The van der Waals surface area contributed by atoms with Crippen LogP contribution in [0.15, 0.2) is 36.4 Å². The van der Waals surface area contributed by atoms with Crippen LogP contribution in [0.25, 0.3) is 0 Å². The zero-order valence-corrected chi connectivity index (χ0v) is 10.8. The Morgan fingerprint density at radius 3 is 1.89 bits per heavy atom. The molecule has 0 bridgehead atoms. The lowest BCUT2D eigenvalue weighted by molar-refractivity contribution is 0.475. The number of hydrogen-bond acceptors (Lipinski definition) is 2. The van der Waals surface area contributed by atoms with Crippen molar-refractivity contribution in [2.45, 2.75) is 26.9 Å². The van der Waals surface area contributed by atoms with Crippen molar-refractivity contribution in [2.75, 3.05) is 4.90 Å². The smallest absolute Gasteiger partial charge is 0.115 e. The summed E-state index contributed by atoms with van der Waals surface area (Å²) in [6, 6.07) is 12.0. The van der Waals surface area contributed by atoms with E-state index in [4.69, 9.17) is 0 Å². The van der Waals surface area contributed by atoms with Gasteiger partial charge in [0.25, 0.3) is 0 Å². The van der Waals surface area contributed by atoms with Crippen molar-refractivity contribution in [1.29, 1.82) is 0 Å². The number of hydrogen-bond donors (Lipinski definition) is 1. The number of aromatic hydroxyl groups is 1. The minimum atomic E-state index is 0.321. The number of fused-ring (bicyclic) bond motifs is 1. The Morgan fingerprint density at radius 1 is 0.889 bits per heavy atom. The summed E-state index contributed by atoms with van der Waals surface area (Å²) in [5.74, 6) is 0.321. The highest BCUT2D eigenvalue weighted by Gasteiger charge is 2.19. The minimum Gasteiger partial charge on any atom is -0.508 e. The van der Waals surface area contributed by atoms with E-state index in [9.17, 15) is 5.11 Å². The van der Waals surface area contributed by atoms with Gasteiger partial charge in [-0.3, -0.25) is 0 Å². The fourth-order valence-electron chi connectivity index (χ4n) is 2.54. The van der Waals surface area contributed by atoms with Gasteiger partial charge in [0, 0.05) is 18.8 Å². The highest BCUT2D eigenvalue weighted by atomic mass is 16.3. The Balaban J connectivity index is 1.91. The molecule has 0 spiro atoms. The van der Waals surface area contributed by atoms with Crippen LogP contribution in [0.2, 0.25) is 0 Å². The number of anilines is 1. The first-order valence-corrected chi connectivity index (χ1v) is 6.26. The lowest BCUT2D eigenvalue weighted by atomic mass is 10.0. The van der Waals surface area contributed by atoms with E-state index in [1.807, 2.05) is 12.1 Å². The summed E-state index contributed by atoms with van der Waals surface area (Å²) in [5, 5.41) is 9.33. The molecule has 0 aromatic heterocycles. The van der Waals surface area contributed by atoms with Gasteiger partial charge in [-0.1, -0.05) is 12.1 Å². The van der Waals surface area contributed by atoms with Crippen LogP contribution < -0.4 is 4.90 Å². The van der Waals surface area contributed by atoms with E-state index in [1.165, 1.54) is 27.9 Å². The van der Waals surface area contributed by atoms with Crippen molar-refractivity contribution in [3.8, 4) is 5.75 Å². The Hall–Kier alpha value is -1.96. The van der Waals surface area contributed by atoms with Gasteiger partial charge in [0.2, 0.25) is 0 Å². The maximum Gasteiger partial charge on any atom is 0.115 e. The van der Waals surface area contributed by atoms with Crippen molar-refractivity contribution in [3.63, 3.8) is 0 Å². The van der Waals surface area contributed by atoms with E-state index in [2.05, 4.69) is 30.9 Å². The number of rotatable bonds is 1. The third kappa shape index (κ3) is 1.84. The zero-order chi connectivity index (χ0) is 12.7. The molecular formula is C16H17NO. The normalized spacial score (nSPS) is 13.8. The second-order valence-corrected chi connectivity index (χ2v) is 5.08. The lowest BCUT2D eigenvalue weighted by Crippen LogP contribution is -2.13. The largest absolute Gasteiger partial charge is 0.508 e. The van der Waals surface area contributed by atoms with Crippen LogP contribution in [0.5, 0.6) is 5.75 Å². The van der Waals surface area contributed by atoms with Crippen molar-refractivity contribution in [2.24, 2.45) is 0 Å². The van der Waals surface area contributed by atoms with Crippen molar-refractivity contribution < 1.29 is 5.11 Å². The molecule has 0 atom stereocenters. The first-order chi connectivity index (χ1) is 8.63. The van der Waals surface area contributed by atoms with Gasteiger partial charge in [-0.2, -0.15) is 0 Å². The molecule has 0 unspecified atom stereocenters. The van der Waals surface area contributed by atoms with Gasteiger partial charge in [0.1, 0.15) is 5.75 Å². The first kappa shape index (κ1) is 11.1. The summed E-state index contributed by atoms with van der Waals surface area (Å²) in [4.78, 5) is 2.34. The Kier molecular flexibility index (Phi) is 2.51. The summed E-state index contributed by atoms with van der Waals surface area (Å²) >= 11 is 0. The number of benzene rings is 2. The molecule has 92 valence electrons. The SMILES string of the molecule is Cc1cc2c(cc1C)CN(c1ccc(O)cc1)C2. The van der Waals surface area contributed by atoms with Crippen molar-refractivity contribution in [3.05, 3.63) is 58.7 Å². The highest BCUT2D eigenvalue weighted by Crippen LogP contribution is 2.30. The van der Waals surface area contributed by atoms with Crippen molar-refractivity contribution >= 4 is 5.69 Å². The van der Waals surface area contributed by atoms with Crippen LogP contribution in [-0.4, -0.2) is 5.11 Å². The van der Waals surface area contributed by atoms with Crippen LogP contribution in [0.3, 0.4) is 0 Å². The molecule has 0 fully saturated rings. The van der Waals surface area contributed by atoms with E-state index in [0.29, 0.717) is 5.75 Å². The van der Waals surface area contributed by atoms with Crippen molar-refractivity contribution in [1.82, 2.24) is 0 Å². The molecule has 0 radical (unpaired) electrons. The lowest BCUT2D eigenvalue weighted by Gasteiger charge is -2.17. The van der Waals surface area contributed by atoms with E-state index in [-0.39, 0.29) is 0 Å². The summed E-state index contributed by atoms with van der Waals surface area (Å²) < 4.78 is 0. The van der Waals surface area contributed by atoms with Crippen LogP contribution >= 0.6 is 0 Å². The molecule has 1 aliphatic rings. The molecule has 1 heterocycles. The molecule has 1 N–H and O–H groups in total. The molecule has 2 aromatic rings. The van der Waals surface area contributed by atoms with Gasteiger partial charge in [-0.05, 0) is 60.4 Å². The molecule has 2 heteroatoms. The first-order valence-electron chi connectivity index (χ1n) is 6.26. The molecule has 0 saturated carbocycles. The summed E-state index contributed by atoms with van der Waals surface area (Å²) in [6.45, 7) is 6.25. The predicted octanol–water partition coefficient (Wildman–Crippen LogP) is 3.53. The summed E-state index contributed by atoms with van der Waals surface area (Å²) in [7, 11) is 0. The van der Waals surface area contributed by atoms with Gasteiger partial charge in [0.15, 0.2) is 0 Å². The van der Waals surface area contributed by atoms with Crippen LogP contribution in [0.4, 0.5) is 5.69 Å². The van der Waals surface area contributed by atoms with Gasteiger partial charge < -0.3 is 10.0 Å². The average molecular weight is 239 g/mol. The molecule has 0 saturated heterocycles. The molecule has 1 aliphatic heterocycles. The number of aryl methyl sites for hydroxylation is 2. The zero-order valence-electron chi connectivity index (χ0n) is 10.8. The van der Waals surface area contributed by atoms with Crippen LogP contribution in [0.1, 0.15) is 22.3 Å². The standard InChI is InChI=1S/C16H17NO/c1-11-7-13-9-17(10-14(13)8-12(11)2)15-3-5-16(18)6-4-15/h3-8,18H,9-10H2,1-2H3. The molecule has 2 aromatic carbocycles. The Bertz CT molecular complexity index is 556. The van der Waals surface area contributed by atoms with Gasteiger partial charge >= 0.3 is 0 Å². The summed E-state index contributed by atoms with van der Waals surface area (Å²) in [5.41, 5.74) is 6.74. The maximum absolute atomic E-state index is 9.33. The third-order valence-corrected chi connectivity index (χ3v) is 3.75. The highest BCUT2D eigenvalue weighted by molar-refractivity contribution is 5.54. The average Bonchev–Trinajstić information content (AvgIpc) is 2.73. The monoisotopic (exact) mass is 239 g/mol.